The third-order valence-electron chi connectivity index (χ3n) is 5.84. The average Bonchev–Trinajstić information content (AvgIpc) is 3.33. The van der Waals surface area contributed by atoms with Crippen molar-refractivity contribution in [1.82, 2.24) is 19.7 Å². The second kappa shape index (κ2) is 8.29. The minimum absolute atomic E-state index is 0.0229. The van der Waals surface area contributed by atoms with E-state index in [1.165, 1.54) is 17.4 Å². The van der Waals surface area contributed by atoms with Gasteiger partial charge in [0.2, 0.25) is 0 Å². The van der Waals surface area contributed by atoms with Gasteiger partial charge in [0.15, 0.2) is 9.84 Å². The normalized spacial score (nSPS) is 13.5. The number of rotatable bonds is 4. The lowest BCUT2D eigenvalue weighted by Gasteiger charge is -2.28. The SMILES string of the molecule is CS(=O)(=O)c1ccc(-n2cc(-c3ccc(C(=O)N4CCc5ccccc5C4)cn3)cn2)cc1. The molecule has 1 aliphatic rings. The predicted octanol–water partition coefficient (Wildman–Crippen LogP) is 3.54. The quantitative estimate of drug-likeness (QED) is 0.467. The first-order chi connectivity index (χ1) is 15.9. The molecule has 0 bridgehead atoms. The van der Waals surface area contributed by atoms with Crippen LogP contribution in [-0.4, -0.2) is 46.8 Å². The van der Waals surface area contributed by atoms with E-state index in [1.807, 2.05) is 29.3 Å². The van der Waals surface area contributed by atoms with E-state index in [-0.39, 0.29) is 10.8 Å². The highest BCUT2D eigenvalue weighted by molar-refractivity contribution is 7.90. The molecular weight excluding hydrogens is 436 g/mol. The molecule has 4 aromatic rings. The lowest BCUT2D eigenvalue weighted by molar-refractivity contribution is 0.0734. The van der Waals surface area contributed by atoms with Crippen molar-refractivity contribution >= 4 is 15.7 Å². The van der Waals surface area contributed by atoms with Crippen molar-refractivity contribution in [3.8, 4) is 16.9 Å². The van der Waals surface area contributed by atoms with Gasteiger partial charge in [-0.3, -0.25) is 9.78 Å². The zero-order chi connectivity index (χ0) is 23.0. The first kappa shape index (κ1) is 21.1. The Morgan fingerprint density at radius 2 is 1.70 bits per heavy atom. The summed E-state index contributed by atoms with van der Waals surface area (Å²) in [5, 5.41) is 4.36. The van der Waals surface area contributed by atoms with Crippen molar-refractivity contribution in [3.63, 3.8) is 0 Å². The van der Waals surface area contributed by atoms with Crippen LogP contribution in [0.5, 0.6) is 0 Å². The van der Waals surface area contributed by atoms with Gasteiger partial charge in [-0.1, -0.05) is 24.3 Å². The van der Waals surface area contributed by atoms with E-state index in [2.05, 4.69) is 22.2 Å². The molecule has 1 amide bonds. The van der Waals surface area contributed by atoms with Crippen LogP contribution in [0.15, 0.2) is 84.1 Å². The van der Waals surface area contributed by atoms with Gasteiger partial charge in [-0.05, 0) is 53.9 Å². The topological polar surface area (TPSA) is 85.2 Å². The molecular formula is C25H22N4O3S. The first-order valence-corrected chi connectivity index (χ1v) is 12.5. The van der Waals surface area contributed by atoms with Crippen LogP contribution >= 0.6 is 0 Å². The average molecular weight is 459 g/mol. The molecule has 2 aromatic carbocycles. The number of carbonyl (C=O) groups excluding carboxylic acids is 1. The van der Waals surface area contributed by atoms with Crippen molar-refractivity contribution in [1.29, 1.82) is 0 Å². The highest BCUT2D eigenvalue weighted by Gasteiger charge is 2.22. The van der Waals surface area contributed by atoms with E-state index in [1.54, 1.807) is 47.4 Å². The van der Waals surface area contributed by atoms with Gasteiger partial charge in [0, 0.05) is 37.3 Å². The Bertz CT molecular complexity index is 1430. The molecule has 8 heteroatoms. The lowest BCUT2D eigenvalue weighted by Crippen LogP contribution is -2.35. The molecule has 5 rings (SSSR count). The number of sulfone groups is 1. The van der Waals surface area contributed by atoms with Gasteiger partial charge in [0.05, 0.1) is 28.0 Å². The van der Waals surface area contributed by atoms with Gasteiger partial charge in [0.25, 0.3) is 5.91 Å². The van der Waals surface area contributed by atoms with Gasteiger partial charge >= 0.3 is 0 Å². The number of carbonyl (C=O) groups is 1. The summed E-state index contributed by atoms with van der Waals surface area (Å²) in [6, 6.07) is 18.4. The van der Waals surface area contributed by atoms with Crippen molar-refractivity contribution < 1.29 is 13.2 Å². The van der Waals surface area contributed by atoms with Gasteiger partial charge in [-0.25, -0.2) is 13.1 Å². The van der Waals surface area contributed by atoms with E-state index in [0.717, 1.165) is 17.7 Å². The summed E-state index contributed by atoms with van der Waals surface area (Å²) >= 11 is 0. The molecule has 0 saturated heterocycles. The maximum Gasteiger partial charge on any atom is 0.255 e. The number of aromatic nitrogens is 3. The summed E-state index contributed by atoms with van der Waals surface area (Å²) in [5.74, 6) is -0.0229. The monoisotopic (exact) mass is 458 g/mol. The molecule has 0 N–H and O–H groups in total. The molecule has 1 aliphatic heterocycles. The second-order valence-corrected chi connectivity index (χ2v) is 10.1. The van der Waals surface area contributed by atoms with Crippen LogP contribution in [0.25, 0.3) is 16.9 Å². The largest absolute Gasteiger partial charge is 0.334 e. The Kier molecular flexibility index (Phi) is 5.30. The maximum absolute atomic E-state index is 13.0. The number of nitrogens with zero attached hydrogens (tertiary/aromatic N) is 4. The molecule has 0 fully saturated rings. The fourth-order valence-corrected chi connectivity index (χ4v) is 4.62. The van der Waals surface area contributed by atoms with Crippen LogP contribution in [0.3, 0.4) is 0 Å². The molecule has 3 heterocycles. The summed E-state index contributed by atoms with van der Waals surface area (Å²) in [6.07, 6.45) is 7.16. The number of hydrogen-bond donors (Lipinski definition) is 0. The van der Waals surface area contributed by atoms with Crippen molar-refractivity contribution in [2.45, 2.75) is 17.9 Å². The fourth-order valence-electron chi connectivity index (χ4n) is 3.99. The predicted molar refractivity (Wildman–Crippen MR) is 125 cm³/mol. The first-order valence-electron chi connectivity index (χ1n) is 10.6. The van der Waals surface area contributed by atoms with Gasteiger partial charge < -0.3 is 4.90 Å². The molecule has 0 atom stereocenters. The number of pyridine rings is 1. The summed E-state index contributed by atoms with van der Waals surface area (Å²) in [6.45, 7) is 1.31. The highest BCUT2D eigenvalue weighted by Crippen LogP contribution is 2.22. The molecule has 0 aliphatic carbocycles. The second-order valence-electron chi connectivity index (χ2n) is 8.12. The summed E-state index contributed by atoms with van der Waals surface area (Å²) in [4.78, 5) is 19.6. The van der Waals surface area contributed by atoms with E-state index < -0.39 is 9.84 Å². The number of fused-ring (bicyclic) bond motifs is 1. The minimum Gasteiger partial charge on any atom is -0.334 e. The van der Waals surface area contributed by atoms with Gasteiger partial charge in [-0.15, -0.1) is 0 Å². The number of amides is 1. The zero-order valence-corrected chi connectivity index (χ0v) is 18.9. The maximum atomic E-state index is 13.0. The number of benzene rings is 2. The summed E-state index contributed by atoms with van der Waals surface area (Å²) in [5.41, 5.74) is 5.30. The Morgan fingerprint density at radius 1 is 0.939 bits per heavy atom. The molecule has 2 aromatic heterocycles. The molecule has 0 radical (unpaired) electrons. The molecule has 166 valence electrons. The Balaban J connectivity index is 1.31. The van der Waals surface area contributed by atoms with Crippen LogP contribution in [0.1, 0.15) is 21.5 Å². The van der Waals surface area contributed by atoms with Crippen molar-refractivity contribution in [3.05, 3.63) is 95.9 Å². The van der Waals surface area contributed by atoms with Crippen molar-refractivity contribution in [2.75, 3.05) is 12.8 Å². The lowest BCUT2D eigenvalue weighted by atomic mass is 9.99. The standard InChI is InChI=1S/C25H22N4O3S/c1-33(31,32)23-9-7-22(8-10-23)29-17-21(15-27-29)24-11-6-19(14-26-24)25(30)28-13-12-18-4-2-3-5-20(18)16-28/h2-11,14-15,17H,12-13,16H2,1H3. The molecule has 33 heavy (non-hydrogen) atoms. The number of hydrogen-bond acceptors (Lipinski definition) is 5. The Labute approximate surface area is 192 Å². The fraction of sp³-hybridized carbons (Fsp3) is 0.160. The van der Waals surface area contributed by atoms with Crippen LogP contribution in [-0.2, 0) is 22.8 Å². The van der Waals surface area contributed by atoms with E-state index in [0.29, 0.717) is 24.3 Å². The van der Waals surface area contributed by atoms with E-state index in [9.17, 15) is 13.2 Å². The van der Waals surface area contributed by atoms with Gasteiger partial charge in [-0.2, -0.15) is 5.10 Å². The van der Waals surface area contributed by atoms with Gasteiger partial charge in [0.1, 0.15) is 0 Å². The molecule has 0 saturated carbocycles. The van der Waals surface area contributed by atoms with Crippen LogP contribution in [0.4, 0.5) is 0 Å². The summed E-state index contributed by atoms with van der Waals surface area (Å²) < 4.78 is 24.9. The Hall–Kier alpha value is -3.78. The van der Waals surface area contributed by atoms with Crippen LogP contribution in [0, 0.1) is 0 Å². The van der Waals surface area contributed by atoms with Crippen LogP contribution < -0.4 is 0 Å². The third-order valence-corrected chi connectivity index (χ3v) is 6.96. The molecule has 7 nitrogen and oxygen atoms in total. The Morgan fingerprint density at radius 3 is 2.39 bits per heavy atom. The van der Waals surface area contributed by atoms with E-state index >= 15 is 0 Å². The molecule has 0 unspecified atom stereocenters. The van der Waals surface area contributed by atoms with E-state index in [4.69, 9.17) is 0 Å². The smallest absolute Gasteiger partial charge is 0.255 e. The summed E-state index contributed by atoms with van der Waals surface area (Å²) in [7, 11) is -3.24. The minimum atomic E-state index is -3.24. The van der Waals surface area contributed by atoms with Crippen LogP contribution in [0.2, 0.25) is 0 Å². The third kappa shape index (κ3) is 4.29. The zero-order valence-electron chi connectivity index (χ0n) is 18.0. The van der Waals surface area contributed by atoms with Crippen molar-refractivity contribution in [2.24, 2.45) is 0 Å². The molecule has 0 spiro atoms. The highest BCUT2D eigenvalue weighted by atomic mass is 32.2.